The van der Waals surface area contributed by atoms with Crippen LogP contribution in [-0.4, -0.2) is 47.2 Å². The molecule has 1 fully saturated rings. The molecule has 0 amide bonds. The van der Waals surface area contributed by atoms with E-state index in [-0.39, 0.29) is 29.6 Å². The number of benzene rings is 1. The molecule has 1 aromatic carbocycles. The highest BCUT2D eigenvalue weighted by molar-refractivity contribution is 8.00. The lowest BCUT2D eigenvalue weighted by atomic mass is 9.94. The number of hydrogen-bond donors (Lipinski definition) is 0. The molecule has 150 valence electrons. The first-order valence-electron chi connectivity index (χ1n) is 9.52. The topological polar surface area (TPSA) is 94.1 Å². The van der Waals surface area contributed by atoms with Crippen LogP contribution in [-0.2, 0) is 11.2 Å². The van der Waals surface area contributed by atoms with Crippen LogP contribution in [0.4, 0.5) is 0 Å². The molecule has 2 heterocycles. The quantitative estimate of drug-likeness (QED) is 0.486. The SMILES string of the molecule is CCOC(=O)c1noc(C2CC2)c1C(=O)c1ccccc1CC1(SC)N=CC=N1. The third-order valence-corrected chi connectivity index (χ3v) is 6.00. The molecule has 0 atom stereocenters. The van der Waals surface area contributed by atoms with Crippen molar-refractivity contribution in [1.82, 2.24) is 5.16 Å². The number of nitrogens with zero attached hydrogens (tertiary/aromatic N) is 3. The van der Waals surface area contributed by atoms with Crippen LogP contribution in [0.2, 0.25) is 0 Å². The Labute approximate surface area is 172 Å². The summed E-state index contributed by atoms with van der Waals surface area (Å²) in [5, 5.41) is 3.88. The van der Waals surface area contributed by atoms with Crippen molar-refractivity contribution in [2.75, 3.05) is 12.9 Å². The molecule has 1 aromatic heterocycles. The minimum absolute atomic E-state index is 0.0509. The predicted octanol–water partition coefficient (Wildman–Crippen LogP) is 3.67. The monoisotopic (exact) mass is 411 g/mol. The Morgan fingerprint density at radius 1 is 1.24 bits per heavy atom. The summed E-state index contributed by atoms with van der Waals surface area (Å²) in [5.41, 5.74) is 1.47. The first-order valence-corrected chi connectivity index (χ1v) is 10.7. The van der Waals surface area contributed by atoms with Crippen molar-refractivity contribution in [3.63, 3.8) is 0 Å². The number of esters is 1. The summed E-state index contributed by atoms with van der Waals surface area (Å²) in [4.78, 5) is 34.2. The summed E-state index contributed by atoms with van der Waals surface area (Å²) in [5.74, 6) is -0.328. The van der Waals surface area contributed by atoms with E-state index in [1.165, 1.54) is 11.8 Å². The predicted molar refractivity (Wildman–Crippen MR) is 111 cm³/mol. The van der Waals surface area contributed by atoms with E-state index in [4.69, 9.17) is 9.26 Å². The van der Waals surface area contributed by atoms with Gasteiger partial charge in [0.05, 0.1) is 6.61 Å². The maximum absolute atomic E-state index is 13.6. The van der Waals surface area contributed by atoms with Gasteiger partial charge in [0.25, 0.3) is 0 Å². The van der Waals surface area contributed by atoms with Gasteiger partial charge in [0.15, 0.2) is 11.5 Å². The van der Waals surface area contributed by atoms with E-state index in [1.54, 1.807) is 31.5 Å². The van der Waals surface area contributed by atoms with Gasteiger partial charge in [-0.15, -0.1) is 11.8 Å². The van der Waals surface area contributed by atoms with Crippen molar-refractivity contribution in [2.45, 2.75) is 37.1 Å². The summed E-state index contributed by atoms with van der Waals surface area (Å²) >= 11 is 1.51. The van der Waals surface area contributed by atoms with Crippen LogP contribution in [0.25, 0.3) is 0 Å². The fraction of sp³-hybridized carbons (Fsp3) is 0.381. The summed E-state index contributed by atoms with van der Waals surface area (Å²) in [6.07, 6.45) is 7.57. The van der Waals surface area contributed by atoms with Crippen LogP contribution in [0.3, 0.4) is 0 Å². The minimum atomic E-state index is -0.672. The first kappa shape index (κ1) is 19.6. The Morgan fingerprint density at radius 2 is 1.97 bits per heavy atom. The molecular weight excluding hydrogens is 390 g/mol. The Kier molecular flexibility index (Phi) is 5.36. The van der Waals surface area contributed by atoms with Crippen molar-refractivity contribution >= 4 is 35.9 Å². The molecule has 0 spiro atoms. The van der Waals surface area contributed by atoms with E-state index in [1.807, 2.05) is 18.4 Å². The zero-order valence-corrected chi connectivity index (χ0v) is 17.1. The zero-order chi connectivity index (χ0) is 20.4. The van der Waals surface area contributed by atoms with Gasteiger partial charge in [-0.25, -0.2) is 4.79 Å². The van der Waals surface area contributed by atoms with Crippen LogP contribution in [0, 0.1) is 0 Å². The van der Waals surface area contributed by atoms with Crippen LogP contribution >= 0.6 is 11.8 Å². The number of carbonyl (C=O) groups excluding carboxylic acids is 2. The standard InChI is InChI=1S/C21H21N3O4S/c1-3-27-20(26)17-16(19(28-24-17)13-8-9-13)18(25)15-7-5-4-6-14(15)12-21(29-2)22-10-11-23-21/h4-7,10-11,13H,3,8-9,12H2,1-2H3. The number of thioether (sulfide) groups is 1. The normalized spacial score (nSPS) is 16.9. The van der Waals surface area contributed by atoms with Crippen molar-refractivity contribution < 1.29 is 18.8 Å². The number of ether oxygens (including phenoxy) is 1. The van der Waals surface area contributed by atoms with Crippen molar-refractivity contribution in [2.24, 2.45) is 9.98 Å². The molecule has 29 heavy (non-hydrogen) atoms. The van der Waals surface area contributed by atoms with Crippen molar-refractivity contribution in [3.8, 4) is 0 Å². The highest BCUT2D eigenvalue weighted by Crippen LogP contribution is 2.43. The molecule has 0 N–H and O–H groups in total. The van der Waals surface area contributed by atoms with Gasteiger partial charge in [0.2, 0.25) is 10.7 Å². The minimum Gasteiger partial charge on any atom is -0.461 e. The number of rotatable bonds is 8. The third kappa shape index (κ3) is 3.76. The lowest BCUT2D eigenvalue weighted by Gasteiger charge is -2.21. The molecular formula is C21H21N3O4S. The van der Waals surface area contributed by atoms with Crippen molar-refractivity contribution in [3.05, 3.63) is 52.4 Å². The molecule has 1 saturated carbocycles. The second-order valence-corrected chi connectivity index (χ2v) is 7.99. The highest BCUT2D eigenvalue weighted by atomic mass is 32.2. The largest absolute Gasteiger partial charge is 0.461 e. The van der Waals surface area contributed by atoms with Gasteiger partial charge in [0, 0.05) is 30.3 Å². The molecule has 0 saturated heterocycles. The number of aliphatic imine (C=N–C) groups is 2. The molecule has 4 rings (SSSR count). The maximum atomic E-state index is 13.6. The van der Waals surface area contributed by atoms with Gasteiger partial charge in [-0.05, 0) is 31.6 Å². The van der Waals surface area contributed by atoms with E-state index in [0.717, 1.165) is 18.4 Å². The number of carbonyl (C=O) groups is 2. The Morgan fingerprint density at radius 3 is 2.62 bits per heavy atom. The summed E-state index contributed by atoms with van der Waals surface area (Å²) < 4.78 is 10.5. The van der Waals surface area contributed by atoms with E-state index >= 15 is 0 Å². The molecule has 1 aliphatic carbocycles. The maximum Gasteiger partial charge on any atom is 0.361 e. The number of hydrogen-bond acceptors (Lipinski definition) is 8. The second kappa shape index (κ2) is 7.94. The number of ketones is 1. The average molecular weight is 411 g/mol. The van der Waals surface area contributed by atoms with Gasteiger partial charge in [-0.1, -0.05) is 29.4 Å². The Balaban J connectivity index is 1.74. The first-order chi connectivity index (χ1) is 14.1. The lowest BCUT2D eigenvalue weighted by Crippen LogP contribution is -2.22. The number of aromatic nitrogens is 1. The average Bonchev–Trinajstić information content (AvgIpc) is 3.30. The molecule has 0 radical (unpaired) electrons. The fourth-order valence-electron chi connectivity index (χ4n) is 3.37. The van der Waals surface area contributed by atoms with Gasteiger partial charge >= 0.3 is 5.97 Å². The fourth-order valence-corrected chi connectivity index (χ4v) is 4.00. The van der Waals surface area contributed by atoms with Crippen LogP contribution < -0.4 is 0 Å². The lowest BCUT2D eigenvalue weighted by molar-refractivity contribution is 0.0512. The van der Waals surface area contributed by atoms with Gasteiger partial charge in [-0.2, -0.15) is 0 Å². The van der Waals surface area contributed by atoms with Gasteiger partial charge in [-0.3, -0.25) is 14.8 Å². The van der Waals surface area contributed by atoms with Crippen LogP contribution in [0.1, 0.15) is 63.4 Å². The second-order valence-electron chi connectivity index (χ2n) is 6.93. The van der Waals surface area contributed by atoms with Crippen LogP contribution in [0.15, 0.2) is 38.8 Å². The smallest absolute Gasteiger partial charge is 0.361 e. The molecule has 0 unspecified atom stereocenters. The Bertz CT molecular complexity index is 995. The molecule has 2 aliphatic rings. The summed E-state index contributed by atoms with van der Waals surface area (Å²) in [6.45, 7) is 1.90. The molecule has 8 heteroatoms. The molecule has 0 bridgehead atoms. The molecule has 2 aromatic rings. The molecule has 1 aliphatic heterocycles. The van der Waals surface area contributed by atoms with Crippen molar-refractivity contribution in [1.29, 1.82) is 0 Å². The van der Waals surface area contributed by atoms with E-state index in [2.05, 4.69) is 15.1 Å². The van der Waals surface area contributed by atoms with Crippen LogP contribution in [0.5, 0.6) is 0 Å². The summed E-state index contributed by atoms with van der Waals surface area (Å²) in [6, 6.07) is 7.33. The summed E-state index contributed by atoms with van der Waals surface area (Å²) in [7, 11) is 0. The molecule has 7 nitrogen and oxygen atoms in total. The van der Waals surface area contributed by atoms with Gasteiger partial charge in [0.1, 0.15) is 5.56 Å². The van der Waals surface area contributed by atoms with E-state index in [0.29, 0.717) is 17.7 Å². The van der Waals surface area contributed by atoms with Gasteiger partial charge < -0.3 is 9.26 Å². The van der Waals surface area contributed by atoms with E-state index < -0.39 is 11.0 Å². The Hall–Kier alpha value is -2.74. The third-order valence-electron chi connectivity index (χ3n) is 4.99. The van der Waals surface area contributed by atoms with E-state index in [9.17, 15) is 9.59 Å². The zero-order valence-electron chi connectivity index (χ0n) is 16.3. The highest BCUT2D eigenvalue weighted by Gasteiger charge is 2.38.